The smallest absolute Gasteiger partial charge is 0.257 e. The summed E-state index contributed by atoms with van der Waals surface area (Å²) in [4.78, 5) is 25.1. The van der Waals surface area contributed by atoms with Gasteiger partial charge in [0, 0.05) is 18.7 Å². The zero-order chi connectivity index (χ0) is 15.4. The van der Waals surface area contributed by atoms with E-state index >= 15 is 0 Å². The van der Waals surface area contributed by atoms with Gasteiger partial charge < -0.3 is 15.0 Å². The van der Waals surface area contributed by atoms with Gasteiger partial charge in [0.05, 0.1) is 17.2 Å². The second-order valence-corrected chi connectivity index (χ2v) is 5.93. The lowest BCUT2D eigenvalue weighted by Crippen LogP contribution is -2.53. The van der Waals surface area contributed by atoms with Crippen molar-refractivity contribution >= 4 is 51.7 Å². The Kier molecular flexibility index (Phi) is 5.34. The first-order chi connectivity index (χ1) is 10.0. The summed E-state index contributed by atoms with van der Waals surface area (Å²) in [5.74, 6) is 0.311. The van der Waals surface area contributed by atoms with Crippen LogP contribution in [0, 0.1) is 3.57 Å². The molecule has 0 atom stereocenters. The summed E-state index contributed by atoms with van der Waals surface area (Å²) in [7, 11) is 1.58. The predicted molar refractivity (Wildman–Crippen MR) is 90.4 cm³/mol. The highest BCUT2D eigenvalue weighted by molar-refractivity contribution is 14.1. The van der Waals surface area contributed by atoms with Crippen LogP contribution in [0.5, 0.6) is 5.75 Å². The van der Waals surface area contributed by atoms with E-state index in [-0.39, 0.29) is 23.5 Å². The van der Waals surface area contributed by atoms with Gasteiger partial charge in [0.1, 0.15) is 5.75 Å². The normalized spacial score (nSPS) is 14.4. The van der Waals surface area contributed by atoms with E-state index in [0.717, 1.165) is 3.57 Å². The zero-order valence-electron chi connectivity index (χ0n) is 11.3. The predicted octanol–water partition coefficient (Wildman–Crippen LogP) is 0.746. The summed E-state index contributed by atoms with van der Waals surface area (Å²) in [5, 5.41) is 5.61. The number of hydrogen-bond acceptors (Lipinski definition) is 4. The Bertz CT molecular complexity index is 594. The maximum absolute atomic E-state index is 12.2. The van der Waals surface area contributed by atoms with Gasteiger partial charge in [0.2, 0.25) is 5.91 Å². The number of halogens is 1. The average molecular weight is 419 g/mol. The van der Waals surface area contributed by atoms with E-state index in [4.69, 9.17) is 17.0 Å². The number of hydrogen-bond donors (Lipinski definition) is 2. The van der Waals surface area contributed by atoms with Crippen LogP contribution in [-0.2, 0) is 4.79 Å². The highest BCUT2D eigenvalue weighted by atomic mass is 127. The number of amides is 2. The summed E-state index contributed by atoms with van der Waals surface area (Å²) in [5.41, 5.74) is 0.490. The third-order valence-corrected chi connectivity index (χ3v) is 4.16. The van der Waals surface area contributed by atoms with Crippen molar-refractivity contribution in [2.45, 2.75) is 0 Å². The molecule has 1 aromatic rings. The minimum atomic E-state index is -0.299. The molecule has 1 fully saturated rings. The minimum absolute atomic E-state index is 0.100. The van der Waals surface area contributed by atoms with Crippen LogP contribution < -0.4 is 15.4 Å². The first kappa shape index (κ1) is 16.0. The fraction of sp³-hybridized carbons (Fsp3) is 0.308. The Labute approximate surface area is 141 Å². The number of rotatable bonds is 2. The van der Waals surface area contributed by atoms with Crippen LogP contribution in [0.25, 0.3) is 0 Å². The van der Waals surface area contributed by atoms with Gasteiger partial charge in [0.15, 0.2) is 5.11 Å². The molecule has 0 aliphatic carbocycles. The van der Waals surface area contributed by atoms with E-state index in [1.165, 1.54) is 0 Å². The molecule has 6 nitrogen and oxygen atoms in total. The van der Waals surface area contributed by atoms with Gasteiger partial charge in [-0.15, -0.1) is 0 Å². The van der Waals surface area contributed by atoms with E-state index in [1.54, 1.807) is 30.2 Å². The Morgan fingerprint density at radius 2 is 2.29 bits per heavy atom. The lowest BCUT2D eigenvalue weighted by molar-refractivity contribution is -0.122. The van der Waals surface area contributed by atoms with Gasteiger partial charge in [-0.2, -0.15) is 0 Å². The van der Waals surface area contributed by atoms with Gasteiger partial charge in [-0.25, -0.2) is 0 Å². The first-order valence-corrected chi connectivity index (χ1v) is 7.70. The first-order valence-electron chi connectivity index (χ1n) is 6.21. The van der Waals surface area contributed by atoms with Gasteiger partial charge in [0.25, 0.3) is 5.91 Å². The highest BCUT2D eigenvalue weighted by Crippen LogP contribution is 2.21. The van der Waals surface area contributed by atoms with Crippen molar-refractivity contribution < 1.29 is 14.3 Å². The number of ether oxygens (including phenoxy) is 1. The van der Waals surface area contributed by atoms with E-state index in [2.05, 4.69) is 33.2 Å². The molecule has 0 unspecified atom stereocenters. The molecule has 1 aliphatic rings. The fourth-order valence-electron chi connectivity index (χ4n) is 1.87. The number of carbonyl (C=O) groups is 2. The van der Waals surface area contributed by atoms with Crippen LogP contribution in [0.15, 0.2) is 18.2 Å². The monoisotopic (exact) mass is 419 g/mol. The summed E-state index contributed by atoms with van der Waals surface area (Å²) >= 11 is 7.27. The van der Waals surface area contributed by atoms with E-state index < -0.39 is 0 Å². The number of carbonyl (C=O) groups excluding carboxylic acids is 2. The van der Waals surface area contributed by atoms with Crippen LogP contribution in [0.1, 0.15) is 10.4 Å². The number of piperazine rings is 1. The van der Waals surface area contributed by atoms with Gasteiger partial charge in [-0.3, -0.25) is 14.9 Å². The van der Waals surface area contributed by atoms with Crippen molar-refractivity contribution in [3.8, 4) is 5.75 Å². The lowest BCUT2D eigenvalue weighted by atomic mass is 10.2. The van der Waals surface area contributed by atoms with Crippen LogP contribution >= 0.6 is 34.8 Å². The van der Waals surface area contributed by atoms with Crippen molar-refractivity contribution in [1.29, 1.82) is 0 Å². The summed E-state index contributed by atoms with van der Waals surface area (Å²) in [6, 6.07) is 5.12. The molecule has 1 aliphatic heterocycles. The highest BCUT2D eigenvalue weighted by Gasteiger charge is 2.20. The summed E-state index contributed by atoms with van der Waals surface area (Å²) in [6.07, 6.45) is 0. The molecule has 2 N–H and O–H groups in total. The molecular formula is C13H14IN3O3S. The maximum atomic E-state index is 12.2. The molecule has 0 bridgehead atoms. The van der Waals surface area contributed by atoms with Crippen molar-refractivity contribution in [2.75, 3.05) is 26.7 Å². The second-order valence-electron chi connectivity index (χ2n) is 4.38. The van der Waals surface area contributed by atoms with Crippen LogP contribution in [-0.4, -0.2) is 48.6 Å². The molecule has 8 heteroatoms. The number of benzene rings is 1. The van der Waals surface area contributed by atoms with Crippen molar-refractivity contribution in [3.63, 3.8) is 0 Å². The van der Waals surface area contributed by atoms with Gasteiger partial charge >= 0.3 is 0 Å². The zero-order valence-corrected chi connectivity index (χ0v) is 14.3. The number of nitrogens with zero attached hydrogens (tertiary/aromatic N) is 1. The molecule has 0 aromatic heterocycles. The second kappa shape index (κ2) is 7.03. The SMILES string of the molecule is COc1ccc(C(=O)NC(=S)N2CCNC(=O)C2)cc1I. The average Bonchev–Trinajstić information content (AvgIpc) is 2.47. The summed E-state index contributed by atoms with van der Waals surface area (Å²) < 4.78 is 5.99. The third kappa shape index (κ3) is 4.03. The quantitative estimate of drug-likeness (QED) is 0.547. The molecule has 0 spiro atoms. The van der Waals surface area contributed by atoms with Crippen LogP contribution in [0.4, 0.5) is 0 Å². The van der Waals surface area contributed by atoms with Crippen molar-refractivity contribution in [3.05, 3.63) is 27.3 Å². The third-order valence-electron chi connectivity index (χ3n) is 2.96. The fourth-order valence-corrected chi connectivity index (χ4v) is 2.85. The molecule has 2 amide bonds. The minimum Gasteiger partial charge on any atom is -0.496 e. The molecule has 1 aromatic carbocycles. The van der Waals surface area contributed by atoms with Crippen molar-refractivity contribution in [2.24, 2.45) is 0 Å². The Morgan fingerprint density at radius 1 is 1.52 bits per heavy atom. The van der Waals surface area contributed by atoms with Gasteiger partial charge in [-0.05, 0) is 53.0 Å². The largest absolute Gasteiger partial charge is 0.496 e. The Balaban J connectivity index is 2.02. The maximum Gasteiger partial charge on any atom is 0.257 e. The van der Waals surface area contributed by atoms with Crippen LogP contribution in [0.3, 0.4) is 0 Å². The van der Waals surface area contributed by atoms with Crippen LogP contribution in [0.2, 0.25) is 0 Å². The molecule has 2 rings (SSSR count). The number of methoxy groups -OCH3 is 1. The summed E-state index contributed by atoms with van der Waals surface area (Å²) in [6.45, 7) is 1.28. The molecule has 21 heavy (non-hydrogen) atoms. The molecule has 1 saturated heterocycles. The molecule has 0 saturated carbocycles. The van der Waals surface area contributed by atoms with Crippen molar-refractivity contribution in [1.82, 2.24) is 15.5 Å². The molecular weight excluding hydrogens is 405 g/mol. The van der Waals surface area contributed by atoms with E-state index in [9.17, 15) is 9.59 Å². The Hall–Kier alpha value is -1.42. The number of nitrogens with one attached hydrogen (secondary N) is 2. The van der Waals surface area contributed by atoms with E-state index in [1.807, 2.05) is 0 Å². The van der Waals surface area contributed by atoms with E-state index in [0.29, 0.717) is 24.4 Å². The molecule has 112 valence electrons. The molecule has 1 heterocycles. The molecule has 0 radical (unpaired) electrons. The Morgan fingerprint density at radius 3 is 2.90 bits per heavy atom. The standard InChI is InChI=1S/C13H14IN3O3S/c1-20-10-3-2-8(6-9(10)14)12(19)16-13(21)17-5-4-15-11(18)7-17/h2-3,6H,4-5,7H2,1H3,(H,15,18)(H,16,19,21). The topological polar surface area (TPSA) is 70.7 Å². The lowest BCUT2D eigenvalue weighted by Gasteiger charge is -2.28. The number of thiocarbonyl (C=S) groups is 1. The van der Waals surface area contributed by atoms with Gasteiger partial charge in [-0.1, -0.05) is 0 Å².